The van der Waals surface area contributed by atoms with Crippen molar-refractivity contribution in [2.24, 2.45) is 0 Å². The number of aldehydes is 1. The minimum Gasteiger partial charge on any atom is -0.297 e. The van der Waals surface area contributed by atoms with Gasteiger partial charge in [0.2, 0.25) is 0 Å². The summed E-state index contributed by atoms with van der Waals surface area (Å²) in [5, 5.41) is 4.67. The first-order valence-corrected chi connectivity index (χ1v) is 8.99. The van der Waals surface area contributed by atoms with E-state index in [0.717, 1.165) is 11.2 Å². The lowest BCUT2D eigenvalue weighted by molar-refractivity contribution is 0.112. The molecule has 0 saturated carbocycles. The van der Waals surface area contributed by atoms with Crippen LogP contribution in [0.4, 0.5) is 0 Å². The van der Waals surface area contributed by atoms with E-state index in [9.17, 15) is 4.79 Å². The van der Waals surface area contributed by atoms with Crippen LogP contribution in [0.2, 0.25) is 0 Å². The van der Waals surface area contributed by atoms with Gasteiger partial charge in [-0.2, -0.15) is 0 Å². The summed E-state index contributed by atoms with van der Waals surface area (Å²) < 4.78 is 0. The van der Waals surface area contributed by atoms with Crippen molar-refractivity contribution in [1.29, 1.82) is 0 Å². The van der Waals surface area contributed by atoms with Crippen LogP contribution in [-0.4, -0.2) is 6.29 Å². The number of carbonyl (C=O) groups is 1. The van der Waals surface area contributed by atoms with Crippen molar-refractivity contribution in [1.82, 2.24) is 0 Å². The van der Waals surface area contributed by atoms with Gasteiger partial charge >= 0.3 is 0 Å². The Balaban J connectivity index is 1.99. The van der Waals surface area contributed by atoms with Gasteiger partial charge in [-0.15, -0.1) is 34.0 Å². The highest BCUT2D eigenvalue weighted by atomic mass is 32.1. The maximum absolute atomic E-state index is 10.9. The third-order valence-electron chi connectivity index (χ3n) is 3.33. The smallest absolute Gasteiger partial charge is 0.160 e. The zero-order valence-corrected chi connectivity index (χ0v) is 13.4. The van der Waals surface area contributed by atoms with E-state index in [0.29, 0.717) is 0 Å². The van der Waals surface area contributed by atoms with Crippen molar-refractivity contribution in [3.05, 3.63) is 58.8 Å². The van der Waals surface area contributed by atoms with Gasteiger partial charge in [0.05, 0.1) is 14.6 Å². The van der Waals surface area contributed by atoms with Crippen LogP contribution in [0.5, 0.6) is 0 Å². The van der Waals surface area contributed by atoms with Gasteiger partial charge in [-0.05, 0) is 23.6 Å². The average Bonchev–Trinajstić information content (AvgIpc) is 3.25. The van der Waals surface area contributed by atoms with Crippen molar-refractivity contribution in [3.8, 4) is 19.5 Å². The second-order valence-electron chi connectivity index (χ2n) is 4.60. The van der Waals surface area contributed by atoms with Gasteiger partial charge in [-0.25, -0.2) is 0 Å². The zero-order chi connectivity index (χ0) is 14.2. The number of thiophene rings is 3. The molecule has 3 aromatic heterocycles. The van der Waals surface area contributed by atoms with Crippen molar-refractivity contribution in [3.63, 3.8) is 0 Å². The highest BCUT2D eigenvalue weighted by Gasteiger charge is 2.15. The summed E-state index contributed by atoms with van der Waals surface area (Å²) in [5.74, 6) is 0. The summed E-state index contributed by atoms with van der Waals surface area (Å²) in [6.07, 6.45) is 0.921. The second kappa shape index (κ2) is 5.22. The molecule has 0 unspecified atom stereocenters. The van der Waals surface area contributed by atoms with E-state index in [2.05, 4.69) is 41.8 Å². The maximum Gasteiger partial charge on any atom is 0.160 e. The number of carbonyl (C=O) groups excluding carboxylic acids is 1. The largest absolute Gasteiger partial charge is 0.297 e. The van der Waals surface area contributed by atoms with Crippen molar-refractivity contribution in [2.45, 2.75) is 0 Å². The topological polar surface area (TPSA) is 17.1 Å². The molecule has 0 spiro atoms. The van der Waals surface area contributed by atoms with Crippen LogP contribution < -0.4 is 0 Å². The van der Waals surface area contributed by atoms with Crippen LogP contribution in [0.1, 0.15) is 9.67 Å². The monoisotopic (exact) mass is 326 g/mol. The molecule has 0 radical (unpaired) electrons. The van der Waals surface area contributed by atoms with Crippen LogP contribution in [0.25, 0.3) is 30.3 Å². The summed E-state index contributed by atoms with van der Waals surface area (Å²) >= 11 is 5.14. The molecule has 0 N–H and O–H groups in total. The first-order chi connectivity index (χ1) is 10.4. The second-order valence-corrected chi connectivity index (χ2v) is 7.69. The Bertz CT molecular complexity index is 913. The van der Waals surface area contributed by atoms with E-state index in [4.69, 9.17) is 0 Å². The summed E-state index contributed by atoms with van der Waals surface area (Å²) in [6, 6.07) is 16.7. The van der Waals surface area contributed by atoms with Gasteiger partial charge in [0.1, 0.15) is 0 Å². The van der Waals surface area contributed by atoms with E-state index in [1.807, 2.05) is 23.5 Å². The molecule has 0 amide bonds. The lowest BCUT2D eigenvalue weighted by Crippen LogP contribution is -1.68. The number of benzene rings is 1. The first kappa shape index (κ1) is 13.0. The molecule has 21 heavy (non-hydrogen) atoms. The highest BCUT2D eigenvalue weighted by Crippen LogP contribution is 2.46. The minimum absolute atomic E-state index is 0.778. The fourth-order valence-electron chi connectivity index (χ4n) is 2.40. The first-order valence-electron chi connectivity index (χ1n) is 6.47. The molecule has 1 aromatic carbocycles. The lowest BCUT2D eigenvalue weighted by atomic mass is 10.1. The number of rotatable bonds is 3. The predicted octanol–water partition coefficient (Wildman–Crippen LogP) is 6.17. The minimum atomic E-state index is 0.778. The van der Waals surface area contributed by atoms with E-state index < -0.39 is 0 Å². The highest BCUT2D eigenvalue weighted by molar-refractivity contribution is 7.28. The van der Waals surface area contributed by atoms with Crippen molar-refractivity contribution in [2.75, 3.05) is 0 Å². The van der Waals surface area contributed by atoms with E-state index in [1.54, 1.807) is 22.7 Å². The third kappa shape index (κ3) is 2.16. The summed E-state index contributed by atoms with van der Waals surface area (Å²) in [4.78, 5) is 16.7. The fourth-order valence-corrected chi connectivity index (χ4v) is 5.49. The molecule has 0 aliphatic carbocycles. The van der Waals surface area contributed by atoms with Crippen LogP contribution >= 0.6 is 34.0 Å². The Hall–Kier alpha value is -1.75. The molecule has 102 valence electrons. The van der Waals surface area contributed by atoms with Crippen molar-refractivity contribution >= 4 is 51.1 Å². The number of hydrogen-bond donors (Lipinski definition) is 0. The molecule has 4 heteroatoms. The average molecular weight is 326 g/mol. The molecule has 4 aromatic rings. The molecule has 0 aliphatic rings. The summed E-state index contributed by atoms with van der Waals surface area (Å²) in [6.45, 7) is 0. The van der Waals surface area contributed by atoms with Crippen LogP contribution in [0.3, 0.4) is 0 Å². The quantitative estimate of drug-likeness (QED) is 0.411. The number of fused-ring (bicyclic) bond motifs is 1. The molecular formula is C17H10OS3. The van der Waals surface area contributed by atoms with Gasteiger partial charge < -0.3 is 0 Å². The molecule has 0 fully saturated rings. The molecule has 0 saturated heterocycles. The fraction of sp³-hybridized carbons (Fsp3) is 0. The molecule has 1 nitrogen and oxygen atoms in total. The van der Waals surface area contributed by atoms with Gasteiger partial charge in [0.15, 0.2) is 6.29 Å². The predicted molar refractivity (Wildman–Crippen MR) is 93.8 cm³/mol. The van der Waals surface area contributed by atoms with Gasteiger partial charge in [0.25, 0.3) is 0 Å². The van der Waals surface area contributed by atoms with Crippen LogP contribution in [0.15, 0.2) is 53.9 Å². The normalized spacial score (nSPS) is 11.0. The Morgan fingerprint density at radius 1 is 0.762 bits per heavy atom. The third-order valence-corrected chi connectivity index (χ3v) is 6.79. The van der Waals surface area contributed by atoms with Gasteiger partial charge in [-0.3, -0.25) is 4.79 Å². The van der Waals surface area contributed by atoms with Gasteiger partial charge in [-0.1, -0.05) is 30.3 Å². The summed E-state index contributed by atoms with van der Waals surface area (Å²) in [7, 11) is 0. The number of hydrogen-bond acceptors (Lipinski definition) is 4. The van der Waals surface area contributed by atoms with Crippen LogP contribution in [0, 0.1) is 0 Å². The van der Waals surface area contributed by atoms with Crippen LogP contribution in [-0.2, 0) is 0 Å². The Morgan fingerprint density at radius 3 is 2.14 bits per heavy atom. The maximum atomic E-state index is 10.9. The Labute approximate surface area is 134 Å². The molecular weight excluding hydrogens is 316 g/mol. The Morgan fingerprint density at radius 2 is 1.52 bits per heavy atom. The molecule has 0 atom stereocenters. The van der Waals surface area contributed by atoms with E-state index in [-0.39, 0.29) is 0 Å². The Kier molecular flexibility index (Phi) is 3.22. The molecule has 0 bridgehead atoms. The zero-order valence-electron chi connectivity index (χ0n) is 10.9. The standard InChI is InChI=1S/C17H10OS3/c18-10-11-7-8-15(20-11)17-13-5-2-1-4-12(13)16(21-17)14-6-3-9-19-14/h1-10H. The van der Waals surface area contributed by atoms with E-state index in [1.165, 1.54) is 30.3 Å². The molecule has 0 aliphatic heterocycles. The SMILES string of the molecule is O=Cc1ccc(-c2sc(-c3cccs3)c3ccccc23)s1. The molecule has 3 heterocycles. The molecule has 4 rings (SSSR count). The summed E-state index contributed by atoms with van der Waals surface area (Å²) in [5.41, 5.74) is 0. The van der Waals surface area contributed by atoms with Gasteiger partial charge in [0, 0.05) is 20.5 Å². The van der Waals surface area contributed by atoms with Crippen molar-refractivity contribution < 1.29 is 4.79 Å². The lowest BCUT2D eigenvalue weighted by Gasteiger charge is -1.94. The van der Waals surface area contributed by atoms with E-state index >= 15 is 0 Å².